The molecule has 1 amide bonds. The van der Waals surface area contributed by atoms with Gasteiger partial charge in [0.1, 0.15) is 19.8 Å². The quantitative estimate of drug-likeness (QED) is 0.269. The van der Waals surface area contributed by atoms with Crippen LogP contribution < -0.4 is 9.47 Å². The number of hydrogen-bond acceptors (Lipinski definition) is 5. The van der Waals surface area contributed by atoms with Gasteiger partial charge in [0.2, 0.25) is 0 Å². The lowest BCUT2D eigenvalue weighted by Gasteiger charge is -2.22. The van der Waals surface area contributed by atoms with Crippen molar-refractivity contribution in [1.29, 1.82) is 0 Å². The van der Waals surface area contributed by atoms with E-state index in [9.17, 15) is 9.90 Å². The lowest BCUT2D eigenvalue weighted by atomic mass is 10.1. The Kier molecular flexibility index (Phi) is 9.16. The molecule has 190 valence electrons. The van der Waals surface area contributed by atoms with Gasteiger partial charge in [-0.05, 0) is 34.4 Å². The summed E-state index contributed by atoms with van der Waals surface area (Å²) in [6, 6.07) is 34.5. The number of hydrogen-bond donors (Lipinski definition) is 1. The monoisotopic (exact) mass is 497 g/mol. The number of benzene rings is 4. The molecule has 0 saturated carbocycles. The van der Waals surface area contributed by atoms with Gasteiger partial charge in [-0.1, -0.05) is 97.1 Å². The van der Waals surface area contributed by atoms with Gasteiger partial charge in [0.25, 0.3) is 0 Å². The van der Waals surface area contributed by atoms with E-state index in [1.165, 1.54) is 4.90 Å². The minimum atomic E-state index is -0.934. The number of likely N-dealkylation sites (N-methyl/N-ethyl adjacent to an activating group) is 1. The zero-order valence-electron chi connectivity index (χ0n) is 20.8. The van der Waals surface area contributed by atoms with Gasteiger partial charge in [-0.2, -0.15) is 0 Å². The van der Waals surface area contributed by atoms with Gasteiger partial charge in [-0.25, -0.2) is 4.79 Å². The van der Waals surface area contributed by atoms with Crippen LogP contribution in [0.25, 0.3) is 0 Å². The van der Waals surface area contributed by atoms with Gasteiger partial charge in [-0.3, -0.25) is 0 Å². The summed E-state index contributed by atoms with van der Waals surface area (Å²) in [5.41, 5.74) is 3.56. The van der Waals surface area contributed by atoms with Crippen LogP contribution in [0, 0.1) is 0 Å². The van der Waals surface area contributed by atoms with Gasteiger partial charge < -0.3 is 24.2 Å². The number of rotatable bonds is 11. The molecule has 0 radical (unpaired) electrons. The molecular weight excluding hydrogens is 466 g/mol. The highest BCUT2D eigenvalue weighted by atomic mass is 16.6. The van der Waals surface area contributed by atoms with Crippen molar-refractivity contribution in [2.45, 2.75) is 25.9 Å². The molecule has 6 heteroatoms. The molecule has 0 aliphatic rings. The fourth-order valence-corrected chi connectivity index (χ4v) is 3.70. The van der Waals surface area contributed by atoms with E-state index in [2.05, 4.69) is 0 Å². The Morgan fingerprint density at radius 1 is 0.703 bits per heavy atom. The molecule has 37 heavy (non-hydrogen) atoms. The molecule has 0 aliphatic heterocycles. The van der Waals surface area contributed by atoms with Crippen LogP contribution in [0.4, 0.5) is 4.79 Å². The van der Waals surface area contributed by atoms with Crippen molar-refractivity contribution in [3.8, 4) is 11.5 Å². The smallest absolute Gasteiger partial charge is 0.409 e. The van der Waals surface area contributed by atoms with Gasteiger partial charge in [-0.15, -0.1) is 0 Å². The number of carbonyl (C=O) groups is 1. The van der Waals surface area contributed by atoms with Crippen molar-refractivity contribution >= 4 is 6.09 Å². The van der Waals surface area contributed by atoms with Crippen molar-refractivity contribution in [2.75, 3.05) is 13.6 Å². The van der Waals surface area contributed by atoms with Crippen molar-refractivity contribution < 1.29 is 24.1 Å². The highest BCUT2D eigenvalue weighted by Crippen LogP contribution is 2.32. The number of aliphatic hydroxyl groups excluding tert-OH is 1. The molecule has 0 bridgehead atoms. The molecule has 1 unspecified atom stereocenters. The second kappa shape index (κ2) is 13.1. The Morgan fingerprint density at radius 2 is 1.19 bits per heavy atom. The van der Waals surface area contributed by atoms with E-state index in [1.807, 2.05) is 91.0 Å². The Balaban J connectivity index is 1.42. The summed E-state index contributed by atoms with van der Waals surface area (Å²) < 4.78 is 17.5. The molecule has 0 fully saturated rings. The van der Waals surface area contributed by atoms with E-state index in [1.54, 1.807) is 25.2 Å². The Morgan fingerprint density at radius 3 is 1.73 bits per heavy atom. The van der Waals surface area contributed by atoms with E-state index in [4.69, 9.17) is 14.2 Å². The number of amides is 1. The molecular formula is C31H31NO5. The minimum Gasteiger partial charge on any atom is -0.485 e. The molecule has 0 saturated heterocycles. The fraction of sp³-hybridized carbons (Fsp3) is 0.194. The van der Waals surface area contributed by atoms with Crippen molar-refractivity contribution in [3.05, 3.63) is 131 Å². The van der Waals surface area contributed by atoms with Crippen molar-refractivity contribution in [3.63, 3.8) is 0 Å². The summed E-state index contributed by atoms with van der Waals surface area (Å²) >= 11 is 0. The van der Waals surface area contributed by atoms with Crippen LogP contribution in [-0.2, 0) is 24.6 Å². The summed E-state index contributed by atoms with van der Waals surface area (Å²) in [6.07, 6.45) is -1.44. The predicted octanol–water partition coefficient (Wildman–Crippen LogP) is 6.15. The highest BCUT2D eigenvalue weighted by molar-refractivity contribution is 5.67. The maximum atomic E-state index is 12.4. The summed E-state index contributed by atoms with van der Waals surface area (Å²) in [7, 11) is 1.60. The Bertz CT molecular complexity index is 1250. The maximum absolute atomic E-state index is 12.4. The summed E-state index contributed by atoms with van der Waals surface area (Å²) in [4.78, 5) is 13.8. The summed E-state index contributed by atoms with van der Waals surface area (Å²) in [5, 5.41) is 10.9. The first-order valence-corrected chi connectivity index (χ1v) is 12.2. The van der Waals surface area contributed by atoms with Crippen LogP contribution >= 0.6 is 0 Å². The summed E-state index contributed by atoms with van der Waals surface area (Å²) in [6.45, 7) is 0.981. The Labute approximate surface area is 217 Å². The maximum Gasteiger partial charge on any atom is 0.409 e. The zero-order chi connectivity index (χ0) is 25.9. The molecule has 0 aliphatic carbocycles. The third-order valence-corrected chi connectivity index (χ3v) is 5.79. The third-order valence-electron chi connectivity index (χ3n) is 5.79. The van der Waals surface area contributed by atoms with E-state index in [0.29, 0.717) is 30.3 Å². The minimum absolute atomic E-state index is 0.0654. The largest absolute Gasteiger partial charge is 0.485 e. The topological polar surface area (TPSA) is 68.2 Å². The van der Waals surface area contributed by atoms with E-state index in [0.717, 1.165) is 16.7 Å². The summed E-state index contributed by atoms with van der Waals surface area (Å²) in [5.74, 6) is 1.09. The first-order chi connectivity index (χ1) is 18.1. The van der Waals surface area contributed by atoms with Crippen molar-refractivity contribution in [2.24, 2.45) is 0 Å². The SMILES string of the molecule is CN(CC(O)c1ccc(OCc2ccccc2)c(OCc2ccccc2)c1)C(=O)OCc1ccccc1. The van der Waals surface area contributed by atoms with E-state index >= 15 is 0 Å². The standard InChI is InChI=1S/C31H31NO5/c1-32(31(34)37-23-26-15-9-4-10-16-26)20-28(33)27-17-18-29(35-21-24-11-5-2-6-12-24)30(19-27)36-22-25-13-7-3-8-14-25/h2-19,28,33H,20-23H2,1H3. The van der Waals surface area contributed by atoms with Crippen LogP contribution in [-0.4, -0.2) is 29.7 Å². The van der Waals surface area contributed by atoms with Crippen LogP contribution in [0.1, 0.15) is 28.4 Å². The molecule has 0 heterocycles. The highest BCUT2D eigenvalue weighted by Gasteiger charge is 2.18. The lowest BCUT2D eigenvalue weighted by molar-refractivity contribution is 0.0786. The van der Waals surface area contributed by atoms with Gasteiger partial charge in [0.15, 0.2) is 11.5 Å². The molecule has 0 spiro atoms. The number of ether oxygens (including phenoxy) is 3. The molecule has 4 rings (SSSR count). The van der Waals surface area contributed by atoms with E-state index < -0.39 is 12.2 Å². The van der Waals surface area contributed by atoms with Crippen LogP contribution in [0.15, 0.2) is 109 Å². The molecule has 4 aromatic carbocycles. The molecule has 1 N–H and O–H groups in total. The molecule has 1 atom stereocenters. The molecule has 6 nitrogen and oxygen atoms in total. The predicted molar refractivity (Wildman–Crippen MR) is 142 cm³/mol. The molecule has 0 aromatic heterocycles. The second-order valence-corrected chi connectivity index (χ2v) is 8.69. The van der Waals surface area contributed by atoms with Crippen LogP contribution in [0.2, 0.25) is 0 Å². The first kappa shape index (κ1) is 25.8. The van der Waals surface area contributed by atoms with Crippen LogP contribution in [0.3, 0.4) is 0 Å². The normalized spacial score (nSPS) is 11.4. The fourth-order valence-electron chi connectivity index (χ4n) is 3.70. The third kappa shape index (κ3) is 7.85. The molecule has 4 aromatic rings. The number of aliphatic hydroxyl groups is 1. The first-order valence-electron chi connectivity index (χ1n) is 12.2. The van der Waals surface area contributed by atoms with Gasteiger partial charge in [0.05, 0.1) is 12.6 Å². The average molecular weight is 498 g/mol. The lowest BCUT2D eigenvalue weighted by Crippen LogP contribution is -2.31. The van der Waals surface area contributed by atoms with Gasteiger partial charge in [0, 0.05) is 7.05 Å². The van der Waals surface area contributed by atoms with Gasteiger partial charge >= 0.3 is 6.09 Å². The second-order valence-electron chi connectivity index (χ2n) is 8.69. The number of carbonyl (C=O) groups excluding carboxylic acids is 1. The zero-order valence-corrected chi connectivity index (χ0v) is 20.8. The van der Waals surface area contributed by atoms with Crippen molar-refractivity contribution in [1.82, 2.24) is 4.90 Å². The Hall–Kier alpha value is -4.29. The average Bonchev–Trinajstić information content (AvgIpc) is 2.95. The van der Waals surface area contributed by atoms with E-state index in [-0.39, 0.29) is 13.2 Å². The number of nitrogens with zero attached hydrogens (tertiary/aromatic N) is 1. The van der Waals surface area contributed by atoms with Crippen LogP contribution in [0.5, 0.6) is 11.5 Å².